The number of carbonyl (C=O) groups is 4. The maximum atomic E-state index is 13.4. The molecule has 3 N–H and O–H groups in total. The van der Waals surface area contributed by atoms with Crippen LogP contribution in [-0.4, -0.2) is 104 Å². The summed E-state index contributed by atoms with van der Waals surface area (Å²) in [5.74, 6) is 0.468. The van der Waals surface area contributed by atoms with Crippen LogP contribution >= 0.6 is 0 Å². The third-order valence-electron chi connectivity index (χ3n) is 13.0. The molecule has 2 aliphatic rings. The average molecular weight is 1030 g/mol. The lowest BCUT2D eigenvalue weighted by atomic mass is 10.1. The fraction of sp³-hybridized carbons (Fsp3) is 0.382. The number of carbonyl (C=O) groups excluding carboxylic acids is 4. The first-order valence-corrected chi connectivity index (χ1v) is 26.5. The van der Waals surface area contributed by atoms with Gasteiger partial charge >= 0.3 is 11.9 Å². The van der Waals surface area contributed by atoms with Crippen LogP contribution < -0.4 is 20.4 Å². The summed E-state index contributed by atoms with van der Waals surface area (Å²) < 4.78 is 40.5. The third-order valence-corrected chi connectivity index (χ3v) is 13.6. The van der Waals surface area contributed by atoms with Crippen LogP contribution in [0, 0.1) is 13.8 Å². The predicted octanol–water partition coefficient (Wildman–Crippen LogP) is 6.81. The minimum Gasteiger partial charge on any atom is -0.465 e. The molecular formula is C55H66N8O10S. The summed E-state index contributed by atoms with van der Waals surface area (Å²) in [5.41, 5.74) is 9.75. The fourth-order valence-corrected chi connectivity index (χ4v) is 9.73. The second-order valence-electron chi connectivity index (χ2n) is 18.6. The van der Waals surface area contributed by atoms with Crippen molar-refractivity contribution >= 4 is 45.5 Å². The van der Waals surface area contributed by atoms with E-state index < -0.39 is 22.1 Å². The summed E-state index contributed by atoms with van der Waals surface area (Å²) in [6.45, 7) is 12.1. The van der Waals surface area contributed by atoms with E-state index in [0.29, 0.717) is 66.1 Å². The molecule has 2 atom stereocenters. The van der Waals surface area contributed by atoms with E-state index in [9.17, 15) is 27.6 Å². The second kappa shape index (κ2) is 24.6. The number of anilines is 2. The van der Waals surface area contributed by atoms with Gasteiger partial charge in [0.15, 0.2) is 0 Å². The molecule has 0 unspecified atom stereocenters. The predicted molar refractivity (Wildman–Crippen MR) is 281 cm³/mol. The third kappa shape index (κ3) is 13.6. The lowest BCUT2D eigenvalue weighted by Crippen LogP contribution is -2.29. The van der Waals surface area contributed by atoms with Crippen molar-refractivity contribution in [2.24, 2.45) is 0 Å². The Morgan fingerprint density at radius 2 is 1.03 bits per heavy atom. The van der Waals surface area contributed by atoms with Crippen molar-refractivity contribution < 1.29 is 46.4 Å². The van der Waals surface area contributed by atoms with Crippen LogP contribution in [-0.2, 0) is 62.8 Å². The van der Waals surface area contributed by atoms with Gasteiger partial charge in [-0.2, -0.15) is 18.6 Å². The summed E-state index contributed by atoms with van der Waals surface area (Å²) >= 11 is 0. The van der Waals surface area contributed by atoms with Crippen molar-refractivity contribution in [3.63, 3.8) is 0 Å². The Bertz CT molecular complexity index is 3060. The number of fused-ring (bicyclic) bond motifs is 2. The number of nitrogens with zero attached hydrogens (tertiary/aromatic N) is 6. The van der Waals surface area contributed by atoms with Gasteiger partial charge in [-0.15, -0.1) is 0 Å². The zero-order valence-electron chi connectivity index (χ0n) is 43.1. The number of benzene rings is 4. The molecule has 2 amide bonds. The minimum atomic E-state index is -3.43. The van der Waals surface area contributed by atoms with Crippen LogP contribution in [0.4, 0.5) is 11.6 Å². The Balaban J connectivity index is 0.000000217. The molecule has 6 aromatic rings. The number of esters is 2. The lowest BCUT2D eigenvalue weighted by molar-refractivity contribution is 0.0592. The Morgan fingerprint density at radius 1 is 0.622 bits per heavy atom. The molecule has 0 radical (unpaired) electrons. The number of hydrogen-bond donors (Lipinski definition) is 3. The molecule has 0 aliphatic carbocycles. The monoisotopic (exact) mass is 1030 g/mol. The van der Waals surface area contributed by atoms with E-state index in [-0.39, 0.29) is 37.1 Å². The largest absolute Gasteiger partial charge is 0.465 e. The first kappa shape index (κ1) is 54.4. The highest BCUT2D eigenvalue weighted by Crippen LogP contribution is 2.33. The van der Waals surface area contributed by atoms with E-state index in [2.05, 4.69) is 54.9 Å². The van der Waals surface area contributed by atoms with Crippen LogP contribution in [0.1, 0.15) is 125 Å². The summed E-state index contributed by atoms with van der Waals surface area (Å²) in [6.07, 6.45) is 3.93. The van der Waals surface area contributed by atoms with E-state index in [1.54, 1.807) is 36.4 Å². The molecule has 0 bridgehead atoms. The minimum absolute atomic E-state index is 0.153. The molecule has 0 saturated heterocycles. The number of aromatic nitrogens is 4. The molecule has 19 heteroatoms. The zero-order chi connectivity index (χ0) is 53.1. The number of amides is 2. The van der Waals surface area contributed by atoms with Crippen LogP contribution in [0.3, 0.4) is 0 Å². The first-order chi connectivity index (χ1) is 35.5. The van der Waals surface area contributed by atoms with Crippen molar-refractivity contribution in [1.82, 2.24) is 30.2 Å². The molecule has 18 nitrogen and oxygen atoms in total. The molecule has 2 aliphatic heterocycles. The van der Waals surface area contributed by atoms with Gasteiger partial charge in [0.05, 0.1) is 74.8 Å². The van der Waals surface area contributed by atoms with Gasteiger partial charge in [0.2, 0.25) is 0 Å². The van der Waals surface area contributed by atoms with Gasteiger partial charge in [0.25, 0.3) is 21.9 Å². The van der Waals surface area contributed by atoms with Gasteiger partial charge in [-0.3, -0.25) is 13.8 Å². The standard InChI is InChI=1S/C28H34N4O6S.C27H32N4O4/c1-19(23-10-12-24(13-11-23)28(34)37-3)29-26(33)25-20(2)30-32-15-14-31(27(25)32)18-22-8-5-7-21(17-22)9-6-16-38-39(4,35)36;1-18(22-9-11-23(12-10-22)27(34)35-3)28-25(33)24-19(2)29-31-14-13-30(26(24)31)17-21-7-4-6-20(16-21)8-5-15-32/h5,7-8,10-13,17,19H,6,9,14-16,18H2,1-4H3,(H,29,33);4,6-7,9-12,16,18,32H,5,8,13-15,17H2,1-3H3,(H,28,33)/t19-;18-/m00/s1. The van der Waals surface area contributed by atoms with Crippen molar-refractivity contribution in [1.29, 1.82) is 0 Å². The van der Waals surface area contributed by atoms with Crippen molar-refractivity contribution in [2.75, 3.05) is 56.6 Å². The van der Waals surface area contributed by atoms with E-state index >= 15 is 0 Å². The molecule has 392 valence electrons. The highest BCUT2D eigenvalue weighted by atomic mass is 32.2. The molecule has 0 fully saturated rings. The number of aliphatic hydroxyl groups excluding tert-OH is 1. The molecular weight excluding hydrogens is 965 g/mol. The Labute approximate surface area is 432 Å². The van der Waals surface area contributed by atoms with E-state index in [1.807, 2.05) is 73.5 Å². The molecule has 8 rings (SSSR count). The summed E-state index contributed by atoms with van der Waals surface area (Å²) in [5, 5.41) is 24.5. The molecule has 2 aromatic heterocycles. The Morgan fingerprint density at radius 3 is 1.42 bits per heavy atom. The van der Waals surface area contributed by atoms with Crippen molar-refractivity contribution in [3.05, 3.63) is 164 Å². The van der Waals surface area contributed by atoms with Gasteiger partial charge < -0.3 is 35.0 Å². The topological polar surface area (TPSA) is 217 Å². The zero-order valence-corrected chi connectivity index (χ0v) is 43.9. The molecule has 0 spiro atoms. The fourth-order valence-electron chi connectivity index (χ4n) is 9.31. The van der Waals surface area contributed by atoms with Gasteiger partial charge in [-0.1, -0.05) is 72.8 Å². The number of nitrogens with one attached hydrogen (secondary N) is 2. The van der Waals surface area contributed by atoms with Crippen LogP contribution in [0.15, 0.2) is 97.1 Å². The number of rotatable bonds is 20. The summed E-state index contributed by atoms with van der Waals surface area (Å²) in [4.78, 5) is 54.6. The molecule has 0 saturated carbocycles. The maximum Gasteiger partial charge on any atom is 0.337 e. The van der Waals surface area contributed by atoms with Crippen molar-refractivity contribution in [3.8, 4) is 0 Å². The van der Waals surface area contributed by atoms with E-state index in [0.717, 1.165) is 78.2 Å². The number of methoxy groups -OCH3 is 2. The quantitative estimate of drug-likeness (QED) is 0.0407. The normalized spacial score (nSPS) is 13.6. The number of ether oxygens (including phenoxy) is 2. The second-order valence-corrected chi connectivity index (χ2v) is 20.2. The SMILES string of the molecule is COC(=O)c1ccc([C@H](C)NC(=O)c2c(C)nn3c2N(Cc2cccc(CCCO)c2)CC3)cc1.COC(=O)c1ccc([C@H](C)NC(=O)c2c(C)nn3c2N(Cc2cccc(CCCOS(C)(=O)=O)c2)CC3)cc1. The Kier molecular flexibility index (Phi) is 18.1. The van der Waals surface area contributed by atoms with E-state index in [1.165, 1.54) is 19.8 Å². The summed E-state index contributed by atoms with van der Waals surface area (Å²) in [6, 6.07) is 30.0. The molecule has 4 heterocycles. The van der Waals surface area contributed by atoms with Crippen LogP contribution in [0.5, 0.6) is 0 Å². The number of aliphatic hydroxyl groups is 1. The highest BCUT2D eigenvalue weighted by molar-refractivity contribution is 7.85. The molecule has 4 aromatic carbocycles. The first-order valence-electron chi connectivity index (χ1n) is 24.7. The van der Waals surface area contributed by atoms with Crippen LogP contribution in [0.25, 0.3) is 0 Å². The van der Waals surface area contributed by atoms with Gasteiger partial charge in [-0.25, -0.2) is 19.0 Å². The highest BCUT2D eigenvalue weighted by Gasteiger charge is 2.32. The maximum absolute atomic E-state index is 13.4. The van der Waals surface area contributed by atoms with Gasteiger partial charge in [0.1, 0.15) is 22.8 Å². The van der Waals surface area contributed by atoms with Crippen molar-refractivity contribution in [2.45, 2.75) is 91.6 Å². The molecule has 74 heavy (non-hydrogen) atoms. The van der Waals surface area contributed by atoms with E-state index in [4.69, 9.17) is 18.8 Å². The van der Waals surface area contributed by atoms with Gasteiger partial charge in [0, 0.05) is 32.8 Å². The summed E-state index contributed by atoms with van der Waals surface area (Å²) in [7, 11) is -0.744. The smallest absolute Gasteiger partial charge is 0.337 e. The number of aryl methyl sites for hydroxylation is 4. The number of hydrogen-bond acceptors (Lipinski definition) is 14. The Hall–Kier alpha value is -7.35. The lowest BCUT2D eigenvalue weighted by Gasteiger charge is -2.21. The average Bonchev–Trinajstić information content (AvgIpc) is 4.14. The van der Waals surface area contributed by atoms with Crippen LogP contribution in [0.2, 0.25) is 0 Å². The van der Waals surface area contributed by atoms with Gasteiger partial charge in [-0.05, 0) is 111 Å².